The number of allylic oxidation sites excluding steroid dienone is 2. The van der Waals surface area contributed by atoms with Gasteiger partial charge < -0.3 is 9.47 Å². The molecule has 9 unspecified atom stereocenters. The van der Waals surface area contributed by atoms with E-state index in [0.29, 0.717) is 48.0 Å². The molecule has 9 atom stereocenters. The van der Waals surface area contributed by atoms with Crippen LogP contribution in [0.2, 0.25) is 0 Å². The van der Waals surface area contributed by atoms with Gasteiger partial charge in [-0.1, -0.05) is 31.9 Å². The van der Waals surface area contributed by atoms with Crippen LogP contribution in [0.25, 0.3) is 0 Å². The highest BCUT2D eigenvalue weighted by Gasteiger charge is 2.69. The van der Waals surface area contributed by atoms with Crippen LogP contribution in [0.3, 0.4) is 0 Å². The summed E-state index contributed by atoms with van der Waals surface area (Å²) in [5.41, 5.74) is 2.84. The van der Waals surface area contributed by atoms with Crippen LogP contribution < -0.4 is 0 Å². The zero-order chi connectivity index (χ0) is 25.3. The molecule has 0 aromatic carbocycles. The van der Waals surface area contributed by atoms with Gasteiger partial charge in [0.15, 0.2) is 5.78 Å². The van der Waals surface area contributed by atoms with Gasteiger partial charge in [0.25, 0.3) is 0 Å². The van der Waals surface area contributed by atoms with Gasteiger partial charge in [-0.05, 0) is 55.9 Å². The molecule has 2 heterocycles. The summed E-state index contributed by atoms with van der Waals surface area (Å²) in [6.45, 7) is 16.5. The van der Waals surface area contributed by atoms with Crippen LogP contribution in [0.5, 0.6) is 0 Å². The van der Waals surface area contributed by atoms with Crippen molar-refractivity contribution in [2.24, 2.45) is 40.9 Å². The summed E-state index contributed by atoms with van der Waals surface area (Å²) in [7, 11) is 0. The third kappa shape index (κ3) is 2.43. The molecule has 3 saturated carbocycles. The Balaban J connectivity index is 1.44. The van der Waals surface area contributed by atoms with Crippen molar-refractivity contribution in [3.05, 3.63) is 59.8 Å². The second-order valence-electron chi connectivity index (χ2n) is 11.9. The van der Waals surface area contributed by atoms with Crippen LogP contribution in [0, 0.1) is 40.9 Å². The number of carbonyl (C=O) groups is 4. The first-order chi connectivity index (χ1) is 17.2. The van der Waals surface area contributed by atoms with Crippen molar-refractivity contribution in [2.45, 2.75) is 57.2 Å². The van der Waals surface area contributed by atoms with Gasteiger partial charge in [0.1, 0.15) is 18.0 Å². The Morgan fingerprint density at radius 3 is 2.14 bits per heavy atom. The fourth-order valence-electron chi connectivity index (χ4n) is 9.08. The van der Waals surface area contributed by atoms with Crippen LogP contribution in [0.15, 0.2) is 59.8 Å². The molecule has 36 heavy (non-hydrogen) atoms. The number of hydrogen-bond acceptors (Lipinski definition) is 6. The molecule has 5 fully saturated rings. The number of rotatable bonds is 0. The minimum absolute atomic E-state index is 0.0456. The van der Waals surface area contributed by atoms with E-state index in [9.17, 15) is 19.2 Å². The predicted octanol–water partition coefficient (Wildman–Crippen LogP) is 3.98. The van der Waals surface area contributed by atoms with Gasteiger partial charge in [0.2, 0.25) is 0 Å². The largest absolute Gasteiger partial charge is 0.458 e. The van der Waals surface area contributed by atoms with Gasteiger partial charge >= 0.3 is 11.9 Å². The lowest BCUT2D eigenvalue weighted by Crippen LogP contribution is -2.47. The third-order valence-corrected chi connectivity index (χ3v) is 10.7. The quantitative estimate of drug-likeness (QED) is 0.293. The maximum Gasteiger partial charge on any atom is 0.334 e. The van der Waals surface area contributed by atoms with Crippen molar-refractivity contribution < 1.29 is 28.7 Å². The van der Waals surface area contributed by atoms with E-state index >= 15 is 0 Å². The van der Waals surface area contributed by atoms with Crippen LogP contribution in [-0.2, 0) is 28.7 Å². The average Bonchev–Trinajstić information content (AvgIpc) is 3.41. The maximum absolute atomic E-state index is 14.1. The molecule has 0 bridgehead atoms. The van der Waals surface area contributed by atoms with E-state index in [0.717, 1.165) is 30.4 Å². The first kappa shape index (κ1) is 22.2. The smallest absolute Gasteiger partial charge is 0.334 e. The number of ketones is 2. The van der Waals surface area contributed by atoms with Crippen LogP contribution in [-0.4, -0.2) is 35.7 Å². The van der Waals surface area contributed by atoms with Crippen LogP contribution in [0.1, 0.15) is 44.9 Å². The molecular weight excluding hydrogens is 456 g/mol. The summed E-state index contributed by atoms with van der Waals surface area (Å²) in [6, 6.07) is 0. The molecule has 0 radical (unpaired) electrons. The van der Waals surface area contributed by atoms with Gasteiger partial charge in [-0.25, -0.2) is 9.59 Å². The first-order valence-corrected chi connectivity index (χ1v) is 13.1. The zero-order valence-corrected chi connectivity index (χ0v) is 20.3. The number of esters is 2. The fraction of sp³-hybridized carbons (Fsp3) is 0.533. The van der Waals surface area contributed by atoms with Gasteiger partial charge in [-0.2, -0.15) is 0 Å². The number of ether oxygens (including phenoxy) is 2. The van der Waals surface area contributed by atoms with E-state index in [1.807, 2.05) is 0 Å². The molecule has 2 saturated heterocycles. The van der Waals surface area contributed by atoms with Gasteiger partial charge in [0.05, 0.1) is 5.41 Å². The van der Waals surface area contributed by atoms with E-state index in [-0.39, 0.29) is 41.2 Å². The van der Waals surface area contributed by atoms with Gasteiger partial charge in [-0.15, -0.1) is 0 Å². The Hall–Kier alpha value is -3.02. The molecule has 0 N–H and O–H groups in total. The van der Waals surface area contributed by atoms with Crippen LogP contribution in [0.4, 0.5) is 0 Å². The summed E-state index contributed by atoms with van der Waals surface area (Å²) >= 11 is 0. The fourth-order valence-corrected chi connectivity index (χ4v) is 9.08. The van der Waals surface area contributed by atoms with E-state index in [2.05, 4.69) is 26.3 Å². The van der Waals surface area contributed by atoms with Crippen molar-refractivity contribution >= 4 is 23.5 Å². The molecule has 0 aromatic heterocycles. The molecule has 1 spiro atoms. The molecule has 0 amide bonds. The highest BCUT2D eigenvalue weighted by Crippen LogP contribution is 2.67. The monoisotopic (exact) mass is 486 g/mol. The maximum atomic E-state index is 14.1. The lowest BCUT2D eigenvalue weighted by atomic mass is 9.57. The average molecular weight is 487 g/mol. The highest BCUT2D eigenvalue weighted by molar-refractivity contribution is 6.17. The third-order valence-electron chi connectivity index (χ3n) is 10.7. The molecule has 6 nitrogen and oxygen atoms in total. The number of Topliss-reactive ketones (excluding diaryl/α,β-unsaturated/α-hetero) is 2. The Morgan fingerprint density at radius 2 is 1.42 bits per heavy atom. The lowest BCUT2D eigenvalue weighted by molar-refractivity contribution is -0.146. The van der Waals surface area contributed by atoms with Gasteiger partial charge in [-0.3, -0.25) is 9.59 Å². The summed E-state index contributed by atoms with van der Waals surface area (Å²) in [5, 5.41) is 0. The SMILES string of the molecule is C=C1C(=O)OC2C1CCC1CCC3(C(=O)CC4C(=C)CCC5C(=C)C(=O)OC5C43)C3=C1C2C(=C)C3=O. The highest BCUT2D eigenvalue weighted by atomic mass is 16.6. The number of fused-ring (bicyclic) bond motifs is 7. The van der Waals surface area contributed by atoms with E-state index in [4.69, 9.17) is 9.47 Å². The minimum Gasteiger partial charge on any atom is -0.458 e. The Bertz CT molecular complexity index is 1280. The lowest BCUT2D eigenvalue weighted by Gasteiger charge is -2.44. The molecular formula is C30H30O6. The molecule has 186 valence electrons. The minimum atomic E-state index is -1.04. The molecule has 7 rings (SSSR count). The van der Waals surface area contributed by atoms with E-state index in [1.54, 1.807) is 0 Å². The first-order valence-electron chi connectivity index (χ1n) is 13.1. The summed E-state index contributed by atoms with van der Waals surface area (Å²) < 4.78 is 11.8. The Labute approximate surface area is 210 Å². The van der Waals surface area contributed by atoms with Crippen LogP contribution >= 0.6 is 0 Å². The van der Waals surface area contributed by atoms with Gasteiger partial charge in [0, 0.05) is 52.4 Å². The molecule has 7 aliphatic rings. The topological polar surface area (TPSA) is 86.7 Å². The van der Waals surface area contributed by atoms with Crippen molar-refractivity contribution in [2.75, 3.05) is 0 Å². The Kier molecular flexibility index (Phi) is 4.35. The van der Waals surface area contributed by atoms with Crippen molar-refractivity contribution in [3.63, 3.8) is 0 Å². The van der Waals surface area contributed by atoms with E-state index < -0.39 is 35.5 Å². The van der Waals surface area contributed by atoms with E-state index in [1.165, 1.54) is 0 Å². The molecule has 6 heteroatoms. The second kappa shape index (κ2) is 7.05. The second-order valence-corrected chi connectivity index (χ2v) is 11.9. The zero-order valence-electron chi connectivity index (χ0n) is 20.3. The summed E-state index contributed by atoms with van der Waals surface area (Å²) in [4.78, 5) is 53.3. The van der Waals surface area contributed by atoms with Crippen molar-refractivity contribution in [1.82, 2.24) is 0 Å². The molecule has 0 aromatic rings. The number of hydrogen-bond donors (Lipinski definition) is 0. The Morgan fingerprint density at radius 1 is 0.750 bits per heavy atom. The number of carbonyl (C=O) groups excluding carboxylic acids is 4. The molecule has 5 aliphatic carbocycles. The predicted molar refractivity (Wildman–Crippen MR) is 129 cm³/mol. The molecule has 2 aliphatic heterocycles. The van der Waals surface area contributed by atoms with Crippen molar-refractivity contribution in [3.8, 4) is 0 Å². The summed E-state index contributed by atoms with van der Waals surface area (Å²) in [6.07, 6.45) is 3.64. The van der Waals surface area contributed by atoms with Crippen molar-refractivity contribution in [1.29, 1.82) is 0 Å². The summed E-state index contributed by atoms with van der Waals surface area (Å²) in [5.74, 6) is -2.02. The normalized spacial score (nSPS) is 45.3. The standard InChI is InChI=1S/C30H30O6/c1-12-5-7-18-14(3)29(34)36-27(18)23-19(12)11-20(31)30(23)10-9-16-6-8-17-13(2)28(33)35-26(17)21-15(4)25(32)24(30)22(16)21/h16-19,21,23,26-27H,1-11H2.